The molecule has 2 aromatic rings. The third-order valence-corrected chi connectivity index (χ3v) is 5.19. The number of thiophene rings is 2. The SMILES string of the molecule is Cc1cc(C)c(/C=C(\C#N)c2cc(C)c(C)s2)s1. The lowest BCUT2D eigenvalue weighted by Gasteiger charge is -1.94. The Morgan fingerprint density at radius 3 is 2.28 bits per heavy atom. The van der Waals surface area contributed by atoms with Gasteiger partial charge in [0.2, 0.25) is 0 Å². The Labute approximate surface area is 116 Å². The Balaban J connectivity index is 2.46. The monoisotopic (exact) mass is 273 g/mol. The van der Waals surface area contributed by atoms with E-state index >= 15 is 0 Å². The van der Waals surface area contributed by atoms with Crippen molar-refractivity contribution in [1.29, 1.82) is 5.26 Å². The third-order valence-electron chi connectivity index (χ3n) is 2.91. The van der Waals surface area contributed by atoms with Crippen molar-refractivity contribution in [2.24, 2.45) is 0 Å². The van der Waals surface area contributed by atoms with Crippen LogP contribution in [0.3, 0.4) is 0 Å². The Bertz CT molecular complexity index is 631. The van der Waals surface area contributed by atoms with Gasteiger partial charge in [-0.15, -0.1) is 22.7 Å². The van der Waals surface area contributed by atoms with Crippen LogP contribution in [0.4, 0.5) is 0 Å². The maximum absolute atomic E-state index is 9.33. The second kappa shape index (κ2) is 5.09. The molecule has 0 aliphatic heterocycles. The van der Waals surface area contributed by atoms with Crippen molar-refractivity contribution in [1.82, 2.24) is 0 Å². The molecule has 0 fully saturated rings. The van der Waals surface area contributed by atoms with Crippen molar-refractivity contribution in [2.45, 2.75) is 27.7 Å². The van der Waals surface area contributed by atoms with Gasteiger partial charge in [-0.1, -0.05) is 0 Å². The molecule has 2 rings (SSSR count). The van der Waals surface area contributed by atoms with Gasteiger partial charge in [-0.25, -0.2) is 0 Å². The molecule has 0 spiro atoms. The lowest BCUT2D eigenvalue weighted by molar-refractivity contribution is 1.44. The molecule has 0 N–H and O–H groups in total. The van der Waals surface area contributed by atoms with Crippen molar-refractivity contribution in [3.8, 4) is 6.07 Å². The number of nitrogens with zero attached hydrogens (tertiary/aromatic N) is 1. The van der Waals surface area contributed by atoms with Crippen LogP contribution >= 0.6 is 22.7 Å². The Morgan fingerprint density at radius 2 is 1.83 bits per heavy atom. The molecular weight excluding hydrogens is 258 g/mol. The zero-order chi connectivity index (χ0) is 13.3. The predicted molar refractivity (Wildman–Crippen MR) is 81.1 cm³/mol. The van der Waals surface area contributed by atoms with Gasteiger partial charge in [0.05, 0.1) is 5.57 Å². The van der Waals surface area contributed by atoms with Crippen LogP contribution in [0, 0.1) is 39.0 Å². The van der Waals surface area contributed by atoms with E-state index in [1.54, 1.807) is 22.7 Å². The van der Waals surface area contributed by atoms with Gasteiger partial charge >= 0.3 is 0 Å². The first-order chi connectivity index (χ1) is 8.51. The minimum atomic E-state index is 0.765. The molecule has 2 heterocycles. The lowest BCUT2D eigenvalue weighted by Crippen LogP contribution is -1.76. The first kappa shape index (κ1) is 13.1. The Kier molecular flexibility index (Phi) is 3.70. The van der Waals surface area contributed by atoms with Gasteiger partial charge in [0.1, 0.15) is 6.07 Å². The van der Waals surface area contributed by atoms with Crippen molar-refractivity contribution in [3.63, 3.8) is 0 Å². The summed E-state index contributed by atoms with van der Waals surface area (Å²) in [6, 6.07) is 6.59. The van der Waals surface area contributed by atoms with Crippen LogP contribution in [0.15, 0.2) is 12.1 Å². The van der Waals surface area contributed by atoms with E-state index in [2.05, 4.69) is 45.9 Å². The van der Waals surface area contributed by atoms with E-state index in [0.717, 1.165) is 10.5 Å². The van der Waals surface area contributed by atoms with Gasteiger partial charge in [0.15, 0.2) is 0 Å². The van der Waals surface area contributed by atoms with Crippen LogP contribution in [0.2, 0.25) is 0 Å². The summed E-state index contributed by atoms with van der Waals surface area (Å²) in [7, 11) is 0. The molecule has 0 amide bonds. The molecule has 0 aliphatic carbocycles. The molecule has 0 aliphatic rings. The van der Waals surface area contributed by atoms with Crippen LogP contribution in [-0.2, 0) is 0 Å². The summed E-state index contributed by atoms with van der Waals surface area (Å²) in [6.45, 7) is 8.37. The molecule has 0 atom stereocenters. The minimum Gasteiger partial charge on any atom is -0.192 e. The maximum Gasteiger partial charge on any atom is 0.101 e. The average molecular weight is 273 g/mol. The number of hydrogen-bond acceptors (Lipinski definition) is 3. The Morgan fingerprint density at radius 1 is 1.11 bits per heavy atom. The fraction of sp³-hybridized carbons (Fsp3) is 0.267. The molecule has 92 valence electrons. The third kappa shape index (κ3) is 2.55. The van der Waals surface area contributed by atoms with Crippen LogP contribution in [0.5, 0.6) is 0 Å². The number of hydrogen-bond donors (Lipinski definition) is 0. The second-order valence-electron chi connectivity index (χ2n) is 4.42. The Hall–Kier alpha value is -1.37. The van der Waals surface area contributed by atoms with Gasteiger partial charge in [0, 0.05) is 19.5 Å². The fourth-order valence-corrected chi connectivity index (χ4v) is 3.78. The van der Waals surface area contributed by atoms with Crippen LogP contribution in [0.1, 0.15) is 30.6 Å². The van der Waals surface area contributed by atoms with Gasteiger partial charge in [0.25, 0.3) is 0 Å². The number of nitriles is 1. The maximum atomic E-state index is 9.33. The largest absolute Gasteiger partial charge is 0.192 e. The first-order valence-electron chi connectivity index (χ1n) is 5.77. The normalized spacial score (nSPS) is 11.6. The average Bonchev–Trinajstić information content (AvgIpc) is 2.79. The number of allylic oxidation sites excluding steroid dienone is 1. The highest BCUT2D eigenvalue weighted by molar-refractivity contribution is 7.14. The molecule has 0 unspecified atom stereocenters. The highest BCUT2D eigenvalue weighted by atomic mass is 32.1. The van der Waals surface area contributed by atoms with Gasteiger partial charge in [-0.05, 0) is 57.0 Å². The quantitative estimate of drug-likeness (QED) is 0.698. The summed E-state index contributed by atoms with van der Waals surface area (Å²) in [4.78, 5) is 4.82. The standard InChI is InChI=1S/C15H15NS2/c1-9-6-15(18-12(9)4)13(8-16)7-14-10(2)5-11(3)17-14/h5-7H,1-4H3/b13-7+. The minimum absolute atomic E-state index is 0.765. The summed E-state index contributed by atoms with van der Waals surface area (Å²) in [5, 5.41) is 9.33. The molecule has 1 nitrogen and oxygen atoms in total. The summed E-state index contributed by atoms with van der Waals surface area (Å²) in [6.07, 6.45) is 2.01. The highest BCUT2D eigenvalue weighted by Gasteiger charge is 2.08. The summed E-state index contributed by atoms with van der Waals surface area (Å²) in [5.74, 6) is 0. The van der Waals surface area contributed by atoms with E-state index in [1.165, 1.54) is 25.8 Å². The molecule has 18 heavy (non-hydrogen) atoms. The first-order valence-corrected chi connectivity index (χ1v) is 7.41. The van der Waals surface area contributed by atoms with Crippen molar-refractivity contribution in [2.75, 3.05) is 0 Å². The smallest absolute Gasteiger partial charge is 0.101 e. The van der Waals surface area contributed by atoms with Gasteiger partial charge in [-0.2, -0.15) is 5.26 Å². The molecule has 3 heteroatoms. The van der Waals surface area contributed by atoms with E-state index in [-0.39, 0.29) is 0 Å². The zero-order valence-electron chi connectivity index (χ0n) is 11.0. The van der Waals surface area contributed by atoms with E-state index in [0.29, 0.717) is 0 Å². The lowest BCUT2D eigenvalue weighted by atomic mass is 10.1. The van der Waals surface area contributed by atoms with Crippen LogP contribution in [0.25, 0.3) is 11.6 Å². The zero-order valence-corrected chi connectivity index (χ0v) is 12.6. The van der Waals surface area contributed by atoms with E-state index in [1.807, 2.05) is 6.08 Å². The van der Waals surface area contributed by atoms with Crippen LogP contribution in [-0.4, -0.2) is 0 Å². The number of aryl methyl sites for hydroxylation is 4. The second-order valence-corrected chi connectivity index (χ2v) is 6.97. The number of rotatable bonds is 2. The van der Waals surface area contributed by atoms with Crippen molar-refractivity contribution < 1.29 is 0 Å². The molecule has 0 saturated heterocycles. The van der Waals surface area contributed by atoms with Crippen molar-refractivity contribution in [3.05, 3.63) is 42.8 Å². The van der Waals surface area contributed by atoms with E-state index in [9.17, 15) is 5.26 Å². The molecule has 2 aromatic heterocycles. The highest BCUT2D eigenvalue weighted by Crippen LogP contribution is 2.31. The predicted octanol–water partition coefficient (Wildman–Crippen LogP) is 5.11. The molecule has 0 bridgehead atoms. The summed E-state index contributed by atoms with van der Waals surface area (Å²) < 4.78 is 0. The van der Waals surface area contributed by atoms with Gasteiger partial charge in [-0.3, -0.25) is 0 Å². The molecule has 0 aromatic carbocycles. The summed E-state index contributed by atoms with van der Waals surface area (Å²) >= 11 is 3.43. The topological polar surface area (TPSA) is 23.8 Å². The van der Waals surface area contributed by atoms with E-state index in [4.69, 9.17) is 0 Å². The van der Waals surface area contributed by atoms with E-state index < -0.39 is 0 Å². The molecule has 0 saturated carbocycles. The molecule has 0 radical (unpaired) electrons. The molecular formula is C15H15NS2. The fourth-order valence-electron chi connectivity index (χ4n) is 1.80. The van der Waals surface area contributed by atoms with Crippen LogP contribution < -0.4 is 0 Å². The summed E-state index contributed by atoms with van der Waals surface area (Å²) in [5.41, 5.74) is 3.27. The van der Waals surface area contributed by atoms with Gasteiger partial charge < -0.3 is 0 Å². The van der Waals surface area contributed by atoms with Crippen molar-refractivity contribution >= 4 is 34.3 Å².